The molecule has 20 heavy (non-hydrogen) atoms. The van der Waals surface area contributed by atoms with E-state index in [2.05, 4.69) is 4.98 Å². The maximum absolute atomic E-state index is 11.1. The van der Waals surface area contributed by atoms with Gasteiger partial charge in [0.1, 0.15) is 6.42 Å². The van der Waals surface area contributed by atoms with Crippen LogP contribution in [0, 0.1) is 0 Å². The highest BCUT2D eigenvalue weighted by atomic mass is 16.5. The number of benzene rings is 1. The molecule has 6 nitrogen and oxygen atoms in total. The number of fused-ring (bicyclic) bond motifs is 3. The first kappa shape index (κ1) is 12.7. The summed E-state index contributed by atoms with van der Waals surface area (Å²) in [6, 6.07) is 3.77. The van der Waals surface area contributed by atoms with E-state index in [0.717, 1.165) is 24.0 Å². The Kier molecular flexibility index (Phi) is 3.15. The van der Waals surface area contributed by atoms with Crippen LogP contribution in [-0.4, -0.2) is 16.1 Å². The lowest BCUT2D eigenvalue weighted by Crippen LogP contribution is -2.20. The molecule has 1 amide bonds. The van der Waals surface area contributed by atoms with Crippen LogP contribution < -0.4 is 10.2 Å². The number of amides is 1. The maximum atomic E-state index is 11.1. The van der Waals surface area contributed by atoms with Gasteiger partial charge in [0.2, 0.25) is 5.89 Å². The Hall–Kier alpha value is -2.34. The van der Waals surface area contributed by atoms with E-state index in [0.29, 0.717) is 16.8 Å². The minimum Gasteiger partial charge on any atom is -0.462 e. The number of oxazole rings is 1. The lowest BCUT2D eigenvalue weighted by atomic mass is 10.1. The Bertz CT molecular complexity index is 703. The number of carbonyl (C=O) groups is 1. The molecule has 1 aliphatic heterocycles. The Balaban J connectivity index is 2.04. The number of nitrogens with zero attached hydrogens (tertiary/aromatic N) is 1. The van der Waals surface area contributed by atoms with Gasteiger partial charge < -0.3 is 9.15 Å². The molecular weight excluding hydrogens is 260 g/mol. The molecule has 2 heterocycles. The first-order valence-electron chi connectivity index (χ1n) is 6.34. The molecule has 1 aromatic carbocycles. The van der Waals surface area contributed by atoms with Crippen molar-refractivity contribution in [3.8, 4) is 5.75 Å². The van der Waals surface area contributed by atoms with Gasteiger partial charge in [-0.05, 0) is 37.0 Å². The molecule has 0 fully saturated rings. The minimum absolute atomic E-state index is 0.116. The zero-order valence-electron chi connectivity index (χ0n) is 11.0. The van der Waals surface area contributed by atoms with Crippen molar-refractivity contribution >= 4 is 17.0 Å². The highest BCUT2D eigenvalue weighted by Crippen LogP contribution is 2.33. The highest BCUT2D eigenvalue weighted by molar-refractivity contribution is 5.83. The number of hydrogen-bond acceptors (Lipinski definition) is 5. The summed E-state index contributed by atoms with van der Waals surface area (Å²) in [5.74, 6) is 0.353. The second-order valence-electron chi connectivity index (χ2n) is 4.80. The number of nitrogens with one attached hydrogen (secondary N) is 1. The number of allylic oxidation sites excluding steroid dienone is 1. The third-order valence-electron chi connectivity index (χ3n) is 3.24. The molecule has 0 unspecified atom stereocenters. The smallest absolute Gasteiger partial charge is 0.252 e. The molecule has 3 rings (SSSR count). The van der Waals surface area contributed by atoms with Gasteiger partial charge in [0.05, 0.1) is 6.26 Å². The van der Waals surface area contributed by atoms with Gasteiger partial charge in [-0.2, -0.15) is 0 Å². The predicted octanol–water partition coefficient (Wildman–Crippen LogP) is 2.10. The number of hydrogen-bond donors (Lipinski definition) is 2. The average molecular weight is 274 g/mol. The Labute approximate surface area is 115 Å². The number of ether oxygens (including phenoxy) is 1. The SMILES string of the molecule is CC1=COc2c(ccc3oc(CC(=O)NO)nc23)CC1. The highest BCUT2D eigenvalue weighted by Gasteiger charge is 2.18. The second kappa shape index (κ2) is 4.97. The van der Waals surface area contributed by atoms with Crippen molar-refractivity contribution in [2.75, 3.05) is 0 Å². The van der Waals surface area contributed by atoms with E-state index in [1.807, 2.05) is 19.1 Å². The van der Waals surface area contributed by atoms with E-state index in [1.165, 1.54) is 0 Å². The predicted molar refractivity (Wildman–Crippen MR) is 70.3 cm³/mol. The molecule has 6 heteroatoms. The topological polar surface area (TPSA) is 84.6 Å². The van der Waals surface area contributed by atoms with Crippen LogP contribution in [0.4, 0.5) is 0 Å². The Morgan fingerprint density at radius 1 is 1.45 bits per heavy atom. The van der Waals surface area contributed by atoms with Crippen molar-refractivity contribution < 1.29 is 19.2 Å². The molecule has 0 saturated heterocycles. The first-order valence-corrected chi connectivity index (χ1v) is 6.34. The summed E-state index contributed by atoms with van der Waals surface area (Å²) in [7, 11) is 0. The van der Waals surface area contributed by atoms with Crippen molar-refractivity contribution in [1.82, 2.24) is 10.5 Å². The largest absolute Gasteiger partial charge is 0.462 e. The number of aryl methyl sites for hydroxylation is 1. The Morgan fingerprint density at radius 2 is 2.30 bits per heavy atom. The standard InChI is InChI=1S/C14H14N2O4/c1-8-2-3-9-4-5-10-13(14(9)19-7-8)15-12(20-10)6-11(17)16-18/h4-5,7,18H,2-3,6H2,1H3,(H,16,17). The van der Waals surface area contributed by atoms with Crippen LogP contribution in [0.25, 0.3) is 11.1 Å². The van der Waals surface area contributed by atoms with Gasteiger partial charge in [-0.1, -0.05) is 6.07 Å². The van der Waals surface area contributed by atoms with Crippen LogP contribution in [0.3, 0.4) is 0 Å². The van der Waals surface area contributed by atoms with E-state index < -0.39 is 5.91 Å². The summed E-state index contributed by atoms with van der Waals surface area (Å²) in [6.07, 6.45) is 3.43. The van der Waals surface area contributed by atoms with Crippen LogP contribution in [-0.2, 0) is 17.6 Å². The zero-order valence-corrected chi connectivity index (χ0v) is 11.0. The summed E-state index contributed by atoms with van der Waals surface area (Å²) >= 11 is 0. The number of aromatic nitrogens is 1. The zero-order chi connectivity index (χ0) is 14.1. The van der Waals surface area contributed by atoms with Crippen LogP contribution in [0.2, 0.25) is 0 Å². The van der Waals surface area contributed by atoms with Gasteiger partial charge in [0.25, 0.3) is 5.91 Å². The number of carbonyl (C=O) groups excluding carboxylic acids is 1. The van der Waals surface area contributed by atoms with E-state index >= 15 is 0 Å². The molecule has 0 atom stereocenters. The lowest BCUT2D eigenvalue weighted by molar-refractivity contribution is -0.128. The van der Waals surface area contributed by atoms with Crippen molar-refractivity contribution in [2.45, 2.75) is 26.2 Å². The fourth-order valence-corrected chi connectivity index (χ4v) is 2.19. The molecule has 1 aliphatic rings. The summed E-state index contributed by atoms with van der Waals surface area (Å²) in [6.45, 7) is 2.02. The van der Waals surface area contributed by atoms with Crippen molar-refractivity contribution in [2.24, 2.45) is 0 Å². The third-order valence-corrected chi connectivity index (χ3v) is 3.24. The fraction of sp³-hybridized carbons (Fsp3) is 0.286. The van der Waals surface area contributed by atoms with E-state index in [4.69, 9.17) is 14.4 Å². The number of hydroxylamine groups is 1. The minimum atomic E-state index is -0.570. The molecule has 0 saturated carbocycles. The third kappa shape index (κ3) is 2.25. The molecule has 2 aromatic rings. The van der Waals surface area contributed by atoms with E-state index in [1.54, 1.807) is 11.7 Å². The van der Waals surface area contributed by atoms with Gasteiger partial charge >= 0.3 is 0 Å². The van der Waals surface area contributed by atoms with Crippen LogP contribution >= 0.6 is 0 Å². The van der Waals surface area contributed by atoms with Crippen LogP contribution in [0.5, 0.6) is 5.75 Å². The maximum Gasteiger partial charge on any atom is 0.252 e. The first-order chi connectivity index (χ1) is 9.67. The lowest BCUT2D eigenvalue weighted by Gasteiger charge is -2.04. The van der Waals surface area contributed by atoms with Gasteiger partial charge in [0.15, 0.2) is 16.8 Å². The average Bonchev–Trinajstić information content (AvgIpc) is 2.75. The van der Waals surface area contributed by atoms with E-state index in [9.17, 15) is 4.79 Å². The van der Waals surface area contributed by atoms with Gasteiger partial charge in [-0.15, -0.1) is 0 Å². The quantitative estimate of drug-likeness (QED) is 0.647. The summed E-state index contributed by atoms with van der Waals surface area (Å²) in [5, 5.41) is 8.53. The van der Waals surface area contributed by atoms with Crippen molar-refractivity contribution in [1.29, 1.82) is 0 Å². The molecule has 2 N–H and O–H groups in total. The molecule has 0 aliphatic carbocycles. The summed E-state index contributed by atoms with van der Waals surface area (Å²) < 4.78 is 11.2. The van der Waals surface area contributed by atoms with Gasteiger partial charge in [-0.3, -0.25) is 10.0 Å². The van der Waals surface area contributed by atoms with Crippen molar-refractivity contribution in [3.63, 3.8) is 0 Å². The Morgan fingerprint density at radius 3 is 3.10 bits per heavy atom. The monoisotopic (exact) mass is 274 g/mol. The number of rotatable bonds is 2. The van der Waals surface area contributed by atoms with Gasteiger partial charge in [0, 0.05) is 0 Å². The van der Waals surface area contributed by atoms with Crippen molar-refractivity contribution in [3.05, 3.63) is 35.4 Å². The molecule has 0 bridgehead atoms. The molecule has 104 valence electrons. The molecular formula is C14H14N2O4. The van der Waals surface area contributed by atoms with Crippen LogP contribution in [0.1, 0.15) is 24.8 Å². The summed E-state index contributed by atoms with van der Waals surface area (Å²) in [5.41, 5.74) is 4.96. The summed E-state index contributed by atoms with van der Waals surface area (Å²) in [4.78, 5) is 15.4. The molecule has 0 radical (unpaired) electrons. The molecule has 1 aromatic heterocycles. The van der Waals surface area contributed by atoms with Gasteiger partial charge in [-0.25, -0.2) is 10.5 Å². The normalized spacial score (nSPS) is 14.2. The second-order valence-corrected chi connectivity index (χ2v) is 4.80. The fourth-order valence-electron chi connectivity index (χ4n) is 2.19. The van der Waals surface area contributed by atoms with Crippen LogP contribution in [0.15, 0.2) is 28.4 Å². The van der Waals surface area contributed by atoms with E-state index in [-0.39, 0.29) is 12.3 Å². The molecule has 0 spiro atoms.